The molecule has 0 aliphatic rings. The Morgan fingerprint density at radius 1 is 0.750 bits per heavy atom. The first-order valence-corrected chi connectivity index (χ1v) is 5.25. The van der Waals surface area contributed by atoms with Gasteiger partial charge in [-0.1, -0.05) is 12.1 Å². The first-order chi connectivity index (χ1) is 7.95. The molecule has 1 aromatic carbocycles. The Kier molecular flexibility index (Phi) is 1.31. The maximum Gasteiger partial charge on any atom is 0.0998 e. The molecule has 0 aliphatic carbocycles. The molecule has 0 fully saturated rings. The summed E-state index contributed by atoms with van der Waals surface area (Å²) in [7, 11) is 0. The molecule has 0 bridgehead atoms. The molecule has 3 heterocycles. The van der Waals surface area contributed by atoms with E-state index >= 15 is 0 Å². The number of aromatic nitrogens is 3. The Balaban J connectivity index is 2.51. The van der Waals surface area contributed by atoms with Crippen LogP contribution < -0.4 is 0 Å². The van der Waals surface area contributed by atoms with E-state index in [9.17, 15) is 0 Å². The predicted molar refractivity (Wildman–Crippen MR) is 63.7 cm³/mol. The number of nitrogens with zero attached hydrogens (tertiary/aromatic N) is 3. The van der Waals surface area contributed by atoms with E-state index in [1.165, 1.54) is 16.6 Å². The van der Waals surface area contributed by atoms with Crippen LogP contribution in [0.1, 0.15) is 0 Å². The summed E-state index contributed by atoms with van der Waals surface area (Å²) in [5.74, 6) is 0. The molecular weight excluding hydrogens is 198 g/mol. The van der Waals surface area contributed by atoms with Gasteiger partial charge in [0.1, 0.15) is 0 Å². The van der Waals surface area contributed by atoms with E-state index in [1.54, 1.807) is 0 Å². The van der Waals surface area contributed by atoms with Crippen molar-refractivity contribution in [1.82, 2.24) is 13.8 Å². The van der Waals surface area contributed by atoms with Crippen LogP contribution in [0.15, 0.2) is 55.1 Å². The Labute approximate surface area is 91.6 Å². The monoisotopic (exact) mass is 207 g/mol. The number of benzene rings is 1. The average Bonchev–Trinajstić information content (AvgIpc) is 2.98. The minimum Gasteiger partial charge on any atom is -0.313 e. The molecule has 16 heavy (non-hydrogen) atoms. The highest BCUT2D eigenvalue weighted by molar-refractivity contribution is 5.88. The van der Waals surface area contributed by atoms with Crippen LogP contribution in [0.3, 0.4) is 0 Å². The second kappa shape index (κ2) is 2.64. The molecule has 76 valence electrons. The van der Waals surface area contributed by atoms with Crippen molar-refractivity contribution in [2.45, 2.75) is 0 Å². The molecule has 0 saturated heterocycles. The molecule has 0 atom stereocenters. The van der Waals surface area contributed by atoms with Crippen molar-refractivity contribution in [3.63, 3.8) is 0 Å². The summed E-state index contributed by atoms with van der Waals surface area (Å²) in [5.41, 5.74) is 4.71. The maximum absolute atomic E-state index is 4.23. The highest BCUT2D eigenvalue weighted by atomic mass is 15.0. The lowest BCUT2D eigenvalue weighted by Crippen LogP contribution is -1.93. The van der Waals surface area contributed by atoms with Crippen molar-refractivity contribution in [3.8, 4) is 0 Å². The van der Waals surface area contributed by atoms with Crippen molar-refractivity contribution in [2.75, 3.05) is 0 Å². The normalized spacial score (nSPS) is 11.8. The lowest BCUT2D eigenvalue weighted by atomic mass is 10.3. The van der Waals surface area contributed by atoms with Crippen LogP contribution in [0.2, 0.25) is 0 Å². The van der Waals surface area contributed by atoms with E-state index in [-0.39, 0.29) is 0 Å². The van der Waals surface area contributed by atoms with Crippen LogP contribution in [0.5, 0.6) is 0 Å². The topological polar surface area (TPSA) is 21.7 Å². The Bertz CT molecular complexity index is 739. The van der Waals surface area contributed by atoms with Crippen molar-refractivity contribution in [3.05, 3.63) is 55.1 Å². The molecule has 0 aliphatic heterocycles. The van der Waals surface area contributed by atoms with Crippen LogP contribution in [-0.4, -0.2) is 13.8 Å². The summed E-state index contributed by atoms with van der Waals surface area (Å²) in [6, 6.07) is 12.5. The standard InChI is InChI=1S/C13H9N3/c1-2-5-11-10(4-1)15-7-3-6-12(15)13-8-14-9-16(11)13/h1-9H. The number of hydrogen-bond acceptors (Lipinski definition) is 1. The molecule has 0 radical (unpaired) electrons. The van der Waals surface area contributed by atoms with Gasteiger partial charge in [0.2, 0.25) is 0 Å². The van der Waals surface area contributed by atoms with Crippen LogP contribution in [0.4, 0.5) is 0 Å². The Hall–Kier alpha value is -2.29. The molecule has 0 spiro atoms. The summed E-state index contributed by atoms with van der Waals surface area (Å²) in [4.78, 5) is 4.23. The third-order valence-corrected chi connectivity index (χ3v) is 3.05. The van der Waals surface area contributed by atoms with Gasteiger partial charge in [-0.2, -0.15) is 0 Å². The third-order valence-electron chi connectivity index (χ3n) is 3.05. The number of imidazole rings is 1. The molecule has 3 nitrogen and oxygen atoms in total. The van der Waals surface area contributed by atoms with Gasteiger partial charge >= 0.3 is 0 Å². The average molecular weight is 207 g/mol. The van der Waals surface area contributed by atoms with Crippen LogP contribution in [0.25, 0.3) is 22.1 Å². The van der Waals surface area contributed by atoms with E-state index in [2.05, 4.69) is 56.4 Å². The summed E-state index contributed by atoms with van der Waals surface area (Å²) in [5, 5.41) is 0. The summed E-state index contributed by atoms with van der Waals surface area (Å²) >= 11 is 0. The van der Waals surface area contributed by atoms with Gasteiger partial charge in [0.05, 0.1) is 34.6 Å². The van der Waals surface area contributed by atoms with Gasteiger partial charge in [0.15, 0.2) is 0 Å². The van der Waals surface area contributed by atoms with E-state index in [0.29, 0.717) is 0 Å². The molecule has 4 rings (SSSR count). The largest absolute Gasteiger partial charge is 0.313 e. The van der Waals surface area contributed by atoms with Crippen LogP contribution >= 0.6 is 0 Å². The fourth-order valence-electron chi connectivity index (χ4n) is 2.35. The molecular formula is C13H9N3. The highest BCUT2D eigenvalue weighted by Crippen LogP contribution is 2.22. The number of hydrogen-bond donors (Lipinski definition) is 0. The fraction of sp³-hybridized carbons (Fsp3) is 0. The SMILES string of the molecule is c1ccc2c(c1)n1cccc1c1cncn21. The summed E-state index contributed by atoms with van der Waals surface area (Å²) in [6.45, 7) is 0. The summed E-state index contributed by atoms with van der Waals surface area (Å²) < 4.78 is 4.33. The second-order valence-corrected chi connectivity index (χ2v) is 3.90. The highest BCUT2D eigenvalue weighted by Gasteiger charge is 2.06. The molecule has 4 aromatic rings. The first kappa shape index (κ1) is 7.93. The third kappa shape index (κ3) is 0.810. The van der Waals surface area contributed by atoms with Gasteiger partial charge < -0.3 is 4.40 Å². The number of para-hydroxylation sites is 2. The van der Waals surface area contributed by atoms with E-state index < -0.39 is 0 Å². The molecule has 3 heteroatoms. The first-order valence-electron chi connectivity index (χ1n) is 5.25. The van der Waals surface area contributed by atoms with Gasteiger partial charge in [-0.25, -0.2) is 4.98 Å². The Morgan fingerprint density at radius 2 is 1.44 bits per heavy atom. The molecule has 0 saturated carbocycles. The zero-order valence-corrected chi connectivity index (χ0v) is 8.54. The molecule has 0 unspecified atom stereocenters. The van der Waals surface area contributed by atoms with Gasteiger partial charge in [0.25, 0.3) is 0 Å². The Morgan fingerprint density at radius 3 is 2.31 bits per heavy atom. The second-order valence-electron chi connectivity index (χ2n) is 3.90. The molecule has 0 amide bonds. The molecule has 3 aromatic heterocycles. The lowest BCUT2D eigenvalue weighted by molar-refractivity contribution is 1.17. The predicted octanol–water partition coefficient (Wildman–Crippen LogP) is 2.74. The van der Waals surface area contributed by atoms with Crippen molar-refractivity contribution in [1.29, 1.82) is 0 Å². The van der Waals surface area contributed by atoms with Gasteiger partial charge in [-0.05, 0) is 24.3 Å². The minimum atomic E-state index is 1.14. The van der Waals surface area contributed by atoms with Gasteiger partial charge in [-0.15, -0.1) is 0 Å². The zero-order chi connectivity index (χ0) is 10.5. The van der Waals surface area contributed by atoms with Gasteiger partial charge in [0, 0.05) is 6.20 Å². The summed E-state index contributed by atoms with van der Waals surface area (Å²) in [6.07, 6.45) is 5.86. The van der Waals surface area contributed by atoms with Crippen LogP contribution in [0, 0.1) is 0 Å². The number of fused-ring (bicyclic) bond motifs is 6. The van der Waals surface area contributed by atoms with Crippen LogP contribution in [-0.2, 0) is 0 Å². The quantitative estimate of drug-likeness (QED) is 0.434. The van der Waals surface area contributed by atoms with Crippen molar-refractivity contribution in [2.24, 2.45) is 0 Å². The smallest absolute Gasteiger partial charge is 0.0998 e. The van der Waals surface area contributed by atoms with Crippen molar-refractivity contribution >= 4 is 22.1 Å². The molecule has 0 N–H and O–H groups in total. The lowest BCUT2D eigenvalue weighted by Gasteiger charge is -2.06. The van der Waals surface area contributed by atoms with E-state index in [1.807, 2.05) is 12.5 Å². The number of rotatable bonds is 0. The zero-order valence-electron chi connectivity index (χ0n) is 8.54. The van der Waals surface area contributed by atoms with Crippen molar-refractivity contribution < 1.29 is 0 Å². The maximum atomic E-state index is 4.23. The van der Waals surface area contributed by atoms with Gasteiger partial charge in [-0.3, -0.25) is 4.40 Å². The van der Waals surface area contributed by atoms with E-state index in [0.717, 1.165) is 5.52 Å². The fourth-order valence-corrected chi connectivity index (χ4v) is 2.35. The van der Waals surface area contributed by atoms with E-state index in [4.69, 9.17) is 0 Å². The minimum absolute atomic E-state index is 1.14.